The van der Waals surface area contributed by atoms with Crippen molar-refractivity contribution in [2.24, 2.45) is 0 Å². The van der Waals surface area contributed by atoms with Crippen molar-refractivity contribution >= 4 is 11.7 Å². The molecule has 1 N–H and O–H groups in total. The number of ether oxygens (including phenoxy) is 2. The number of hydrogen-bond acceptors (Lipinski definition) is 4. The maximum atomic E-state index is 12.5. The van der Waals surface area contributed by atoms with Gasteiger partial charge in [-0.3, -0.25) is 4.90 Å². The Kier molecular flexibility index (Phi) is 6.29. The molecule has 1 aromatic carbocycles. The molecule has 25 heavy (non-hydrogen) atoms. The van der Waals surface area contributed by atoms with Crippen molar-refractivity contribution in [3.63, 3.8) is 0 Å². The van der Waals surface area contributed by atoms with Gasteiger partial charge in [0.1, 0.15) is 0 Å². The van der Waals surface area contributed by atoms with E-state index in [0.717, 1.165) is 38.4 Å². The zero-order valence-electron chi connectivity index (χ0n) is 15.2. The highest BCUT2D eigenvalue weighted by molar-refractivity contribution is 5.89. The summed E-state index contributed by atoms with van der Waals surface area (Å²) in [5.41, 5.74) is 2.10. The second-order valence-electron chi connectivity index (χ2n) is 7.07. The zero-order valence-corrected chi connectivity index (χ0v) is 15.2. The van der Waals surface area contributed by atoms with E-state index in [-0.39, 0.29) is 12.1 Å². The normalized spacial score (nSPS) is 22.2. The van der Waals surface area contributed by atoms with Crippen LogP contribution in [0, 0.1) is 0 Å². The molecule has 138 valence electrons. The summed E-state index contributed by atoms with van der Waals surface area (Å²) in [5, 5.41) is 3.03. The lowest BCUT2D eigenvalue weighted by atomic mass is 10.0. The number of nitrogens with one attached hydrogen (secondary N) is 1. The van der Waals surface area contributed by atoms with E-state index in [0.29, 0.717) is 25.7 Å². The van der Waals surface area contributed by atoms with E-state index in [1.807, 2.05) is 17.0 Å². The number of carbonyl (C=O) groups excluding carboxylic acids is 1. The van der Waals surface area contributed by atoms with Crippen LogP contribution >= 0.6 is 0 Å². The van der Waals surface area contributed by atoms with Crippen LogP contribution in [0.15, 0.2) is 24.3 Å². The first kappa shape index (κ1) is 18.2. The quantitative estimate of drug-likeness (QED) is 0.909. The highest BCUT2D eigenvalue weighted by Crippen LogP contribution is 2.19. The van der Waals surface area contributed by atoms with E-state index in [2.05, 4.69) is 36.2 Å². The SMILES string of the molecule is CC(C)c1cccc(NC(=O)N2CCN(C[C@H]3COCCO3)CC2)c1. The van der Waals surface area contributed by atoms with Crippen LogP contribution in [-0.2, 0) is 9.47 Å². The summed E-state index contributed by atoms with van der Waals surface area (Å²) in [7, 11) is 0. The molecule has 2 saturated heterocycles. The van der Waals surface area contributed by atoms with Gasteiger partial charge in [0, 0.05) is 38.4 Å². The minimum absolute atomic E-state index is 0.0159. The molecule has 2 aliphatic heterocycles. The average Bonchev–Trinajstić information content (AvgIpc) is 2.63. The maximum Gasteiger partial charge on any atom is 0.321 e. The van der Waals surface area contributed by atoms with E-state index < -0.39 is 0 Å². The second kappa shape index (κ2) is 8.65. The number of hydrogen-bond donors (Lipinski definition) is 1. The summed E-state index contributed by atoms with van der Waals surface area (Å²) in [6.45, 7) is 10.5. The van der Waals surface area contributed by atoms with Gasteiger partial charge >= 0.3 is 6.03 Å². The van der Waals surface area contributed by atoms with Gasteiger partial charge in [-0.1, -0.05) is 26.0 Å². The molecule has 3 rings (SSSR count). The summed E-state index contributed by atoms with van der Waals surface area (Å²) >= 11 is 0. The molecule has 0 aromatic heterocycles. The monoisotopic (exact) mass is 347 g/mol. The minimum atomic E-state index is -0.0159. The van der Waals surface area contributed by atoms with Crippen LogP contribution in [-0.4, -0.2) is 74.5 Å². The average molecular weight is 347 g/mol. The number of nitrogens with zero attached hydrogens (tertiary/aromatic N) is 2. The van der Waals surface area contributed by atoms with E-state index in [9.17, 15) is 4.79 Å². The van der Waals surface area contributed by atoms with Crippen molar-refractivity contribution in [3.8, 4) is 0 Å². The van der Waals surface area contributed by atoms with Gasteiger partial charge in [0.05, 0.1) is 25.9 Å². The predicted molar refractivity (Wildman–Crippen MR) is 98.1 cm³/mol. The van der Waals surface area contributed by atoms with Crippen molar-refractivity contribution in [1.82, 2.24) is 9.80 Å². The summed E-state index contributed by atoms with van der Waals surface area (Å²) in [6, 6.07) is 8.07. The fourth-order valence-electron chi connectivity index (χ4n) is 3.24. The third kappa shape index (κ3) is 5.17. The van der Waals surface area contributed by atoms with Crippen LogP contribution in [0.25, 0.3) is 0 Å². The Labute approximate surface area is 150 Å². The lowest BCUT2D eigenvalue weighted by Gasteiger charge is -2.37. The van der Waals surface area contributed by atoms with Crippen LogP contribution < -0.4 is 5.32 Å². The van der Waals surface area contributed by atoms with E-state index in [1.165, 1.54) is 5.56 Å². The number of benzene rings is 1. The van der Waals surface area contributed by atoms with E-state index in [4.69, 9.17) is 9.47 Å². The molecule has 1 aromatic rings. The van der Waals surface area contributed by atoms with Crippen LogP contribution in [0.3, 0.4) is 0 Å². The first-order valence-electron chi connectivity index (χ1n) is 9.19. The highest BCUT2D eigenvalue weighted by Gasteiger charge is 2.24. The second-order valence-corrected chi connectivity index (χ2v) is 7.07. The first-order valence-corrected chi connectivity index (χ1v) is 9.19. The molecule has 2 heterocycles. The molecule has 6 nitrogen and oxygen atoms in total. The molecule has 2 aliphatic rings. The molecular weight excluding hydrogens is 318 g/mol. The number of piperazine rings is 1. The molecular formula is C19H29N3O3. The molecule has 0 unspecified atom stereocenters. The Morgan fingerprint density at radius 1 is 1.24 bits per heavy atom. The number of rotatable bonds is 4. The molecule has 0 aliphatic carbocycles. The number of amides is 2. The van der Waals surface area contributed by atoms with Crippen molar-refractivity contribution < 1.29 is 14.3 Å². The van der Waals surface area contributed by atoms with Gasteiger partial charge < -0.3 is 19.7 Å². The largest absolute Gasteiger partial charge is 0.376 e. The van der Waals surface area contributed by atoms with Gasteiger partial charge in [-0.2, -0.15) is 0 Å². The Balaban J connectivity index is 1.45. The lowest BCUT2D eigenvalue weighted by Crippen LogP contribution is -2.52. The third-order valence-corrected chi connectivity index (χ3v) is 4.81. The van der Waals surface area contributed by atoms with Crippen LogP contribution in [0.4, 0.5) is 10.5 Å². The smallest absolute Gasteiger partial charge is 0.321 e. The summed E-state index contributed by atoms with van der Waals surface area (Å²) in [6.07, 6.45) is 0.160. The Morgan fingerprint density at radius 3 is 2.72 bits per heavy atom. The van der Waals surface area contributed by atoms with Gasteiger partial charge in [-0.15, -0.1) is 0 Å². The maximum absolute atomic E-state index is 12.5. The number of anilines is 1. The Hall–Kier alpha value is -1.63. The first-order chi connectivity index (χ1) is 12.1. The lowest BCUT2D eigenvalue weighted by molar-refractivity contribution is -0.0992. The van der Waals surface area contributed by atoms with Gasteiger partial charge in [0.15, 0.2) is 0 Å². The number of carbonyl (C=O) groups is 1. The molecule has 1 atom stereocenters. The van der Waals surface area contributed by atoms with Gasteiger partial charge in [0.2, 0.25) is 0 Å². The molecule has 0 saturated carbocycles. The predicted octanol–water partition coefficient (Wildman–Crippen LogP) is 2.37. The molecule has 0 bridgehead atoms. The number of urea groups is 1. The van der Waals surface area contributed by atoms with Crippen LogP contribution in [0.1, 0.15) is 25.3 Å². The van der Waals surface area contributed by atoms with E-state index >= 15 is 0 Å². The molecule has 2 fully saturated rings. The van der Waals surface area contributed by atoms with Crippen molar-refractivity contribution in [2.75, 3.05) is 57.9 Å². The van der Waals surface area contributed by atoms with E-state index in [1.54, 1.807) is 0 Å². The van der Waals surface area contributed by atoms with Crippen molar-refractivity contribution in [3.05, 3.63) is 29.8 Å². The van der Waals surface area contributed by atoms with Crippen molar-refractivity contribution in [1.29, 1.82) is 0 Å². The topological polar surface area (TPSA) is 54.0 Å². The third-order valence-electron chi connectivity index (χ3n) is 4.81. The molecule has 2 amide bonds. The summed E-state index contributed by atoms with van der Waals surface area (Å²) in [4.78, 5) is 16.7. The standard InChI is InChI=1S/C19H29N3O3/c1-15(2)16-4-3-5-17(12-16)20-19(23)22-8-6-21(7-9-22)13-18-14-24-10-11-25-18/h3-5,12,15,18H,6-11,13-14H2,1-2H3,(H,20,23)/t18-/m0/s1. The highest BCUT2D eigenvalue weighted by atomic mass is 16.6. The van der Waals surface area contributed by atoms with Gasteiger partial charge in [-0.05, 0) is 23.6 Å². The molecule has 0 spiro atoms. The minimum Gasteiger partial charge on any atom is -0.376 e. The fraction of sp³-hybridized carbons (Fsp3) is 0.632. The van der Waals surface area contributed by atoms with Gasteiger partial charge in [0.25, 0.3) is 0 Å². The van der Waals surface area contributed by atoms with Gasteiger partial charge in [-0.25, -0.2) is 4.79 Å². The molecule has 0 radical (unpaired) electrons. The zero-order chi connectivity index (χ0) is 17.6. The van der Waals surface area contributed by atoms with Crippen LogP contribution in [0.5, 0.6) is 0 Å². The summed E-state index contributed by atoms with van der Waals surface area (Å²) < 4.78 is 11.2. The Morgan fingerprint density at radius 2 is 2.04 bits per heavy atom. The Bertz CT molecular complexity index is 565. The fourth-order valence-corrected chi connectivity index (χ4v) is 3.24. The van der Waals surface area contributed by atoms with Crippen LogP contribution in [0.2, 0.25) is 0 Å². The van der Waals surface area contributed by atoms with Crippen molar-refractivity contribution in [2.45, 2.75) is 25.9 Å². The molecule has 6 heteroatoms. The summed E-state index contributed by atoms with van der Waals surface area (Å²) in [5.74, 6) is 0.450.